The standard InChI is InChI=1S/C26H25N5O3/c1-30(16-17-6-14-21(34-2)15-7-17)25(33)20-12-8-18(9-13-20)22-4-3-5-23-27-26(29-31(22)23)28-24(32)19-10-11-19/h3-9,12-15,19H,10-11,16H2,1-2H3,(H,28,29,32). The molecule has 1 aliphatic carbocycles. The SMILES string of the molecule is COc1ccc(CN(C)C(=O)c2ccc(-c3cccc4nc(NC(=O)C5CC5)nn34)cc2)cc1. The fourth-order valence-corrected chi connectivity index (χ4v) is 3.82. The summed E-state index contributed by atoms with van der Waals surface area (Å²) in [6.07, 6.45) is 1.84. The quantitative estimate of drug-likeness (QED) is 0.455. The topological polar surface area (TPSA) is 88.8 Å². The molecule has 34 heavy (non-hydrogen) atoms. The van der Waals surface area contributed by atoms with Crippen molar-refractivity contribution >= 4 is 23.4 Å². The predicted molar refractivity (Wildman–Crippen MR) is 129 cm³/mol. The minimum atomic E-state index is -0.0635. The van der Waals surface area contributed by atoms with Crippen LogP contribution in [0, 0.1) is 5.92 Å². The third-order valence-electron chi connectivity index (χ3n) is 5.90. The average Bonchev–Trinajstić information content (AvgIpc) is 3.64. The molecule has 2 amide bonds. The molecule has 0 saturated heterocycles. The maximum atomic E-state index is 12.9. The number of pyridine rings is 1. The normalized spacial score (nSPS) is 13.0. The van der Waals surface area contributed by atoms with Crippen molar-refractivity contribution in [1.29, 1.82) is 0 Å². The minimum Gasteiger partial charge on any atom is -0.497 e. The van der Waals surface area contributed by atoms with Gasteiger partial charge in [-0.3, -0.25) is 14.9 Å². The van der Waals surface area contributed by atoms with Crippen LogP contribution in [0.5, 0.6) is 5.75 Å². The van der Waals surface area contributed by atoms with Gasteiger partial charge >= 0.3 is 0 Å². The number of ether oxygens (including phenoxy) is 1. The summed E-state index contributed by atoms with van der Waals surface area (Å²) in [4.78, 5) is 31.1. The summed E-state index contributed by atoms with van der Waals surface area (Å²) < 4.78 is 6.89. The minimum absolute atomic E-state index is 0.0286. The average molecular weight is 456 g/mol. The van der Waals surface area contributed by atoms with E-state index in [0.29, 0.717) is 23.7 Å². The lowest BCUT2D eigenvalue weighted by atomic mass is 10.1. The number of aromatic nitrogens is 3. The van der Waals surface area contributed by atoms with Gasteiger partial charge in [-0.2, -0.15) is 4.98 Å². The second kappa shape index (κ2) is 8.97. The highest BCUT2D eigenvalue weighted by Gasteiger charge is 2.30. The smallest absolute Gasteiger partial charge is 0.253 e. The van der Waals surface area contributed by atoms with Crippen molar-refractivity contribution in [2.75, 3.05) is 19.5 Å². The van der Waals surface area contributed by atoms with Crippen molar-refractivity contribution in [2.45, 2.75) is 19.4 Å². The molecule has 4 aromatic rings. The van der Waals surface area contributed by atoms with Crippen LogP contribution in [0.1, 0.15) is 28.8 Å². The zero-order valence-electron chi connectivity index (χ0n) is 19.1. The fraction of sp³-hybridized carbons (Fsp3) is 0.231. The third kappa shape index (κ3) is 4.47. The van der Waals surface area contributed by atoms with Gasteiger partial charge in [0.2, 0.25) is 11.9 Å². The third-order valence-corrected chi connectivity index (χ3v) is 5.90. The molecular weight excluding hydrogens is 430 g/mol. The van der Waals surface area contributed by atoms with Crippen LogP contribution in [-0.2, 0) is 11.3 Å². The van der Waals surface area contributed by atoms with Crippen molar-refractivity contribution < 1.29 is 14.3 Å². The molecule has 0 atom stereocenters. The molecule has 8 nitrogen and oxygen atoms in total. The zero-order chi connectivity index (χ0) is 23.7. The van der Waals surface area contributed by atoms with Gasteiger partial charge in [0.15, 0.2) is 5.65 Å². The van der Waals surface area contributed by atoms with Crippen LogP contribution in [-0.4, -0.2) is 45.5 Å². The van der Waals surface area contributed by atoms with Gasteiger partial charge in [-0.25, -0.2) is 4.52 Å². The molecular formula is C26H25N5O3. The second-order valence-corrected chi connectivity index (χ2v) is 8.47. The number of hydrogen-bond acceptors (Lipinski definition) is 5. The first kappa shape index (κ1) is 21.6. The number of benzene rings is 2. The zero-order valence-corrected chi connectivity index (χ0v) is 19.1. The number of carbonyl (C=O) groups is 2. The number of carbonyl (C=O) groups excluding carboxylic acids is 2. The van der Waals surface area contributed by atoms with E-state index >= 15 is 0 Å². The first-order valence-electron chi connectivity index (χ1n) is 11.2. The lowest BCUT2D eigenvalue weighted by Crippen LogP contribution is -2.26. The monoisotopic (exact) mass is 455 g/mol. The van der Waals surface area contributed by atoms with E-state index in [1.165, 1.54) is 0 Å². The van der Waals surface area contributed by atoms with Gasteiger partial charge in [-0.1, -0.05) is 30.3 Å². The van der Waals surface area contributed by atoms with Gasteiger partial charge in [0, 0.05) is 30.6 Å². The molecule has 1 fully saturated rings. The molecule has 2 aromatic carbocycles. The number of hydrogen-bond donors (Lipinski definition) is 1. The molecule has 8 heteroatoms. The summed E-state index contributed by atoms with van der Waals surface area (Å²) in [7, 11) is 3.41. The molecule has 0 radical (unpaired) electrons. The molecule has 0 bridgehead atoms. The van der Waals surface area contributed by atoms with E-state index in [0.717, 1.165) is 35.4 Å². The van der Waals surface area contributed by atoms with Crippen molar-refractivity contribution in [3.63, 3.8) is 0 Å². The van der Waals surface area contributed by atoms with Crippen LogP contribution in [0.15, 0.2) is 66.7 Å². The molecule has 172 valence electrons. The van der Waals surface area contributed by atoms with Crippen LogP contribution in [0.3, 0.4) is 0 Å². The maximum Gasteiger partial charge on any atom is 0.253 e. The number of anilines is 1. The van der Waals surface area contributed by atoms with Crippen LogP contribution in [0.4, 0.5) is 5.95 Å². The Labute approximate surface area is 197 Å². The maximum absolute atomic E-state index is 12.9. The summed E-state index contributed by atoms with van der Waals surface area (Å²) in [6.45, 7) is 0.498. The summed E-state index contributed by atoms with van der Waals surface area (Å²) in [5, 5.41) is 7.27. The van der Waals surface area contributed by atoms with Crippen molar-refractivity contribution in [3.05, 3.63) is 77.9 Å². The molecule has 1 N–H and O–H groups in total. The lowest BCUT2D eigenvalue weighted by Gasteiger charge is -2.18. The molecule has 0 spiro atoms. The van der Waals surface area contributed by atoms with E-state index < -0.39 is 0 Å². The van der Waals surface area contributed by atoms with Gasteiger partial charge in [0.1, 0.15) is 5.75 Å². The number of rotatable bonds is 7. The van der Waals surface area contributed by atoms with E-state index in [9.17, 15) is 9.59 Å². The highest BCUT2D eigenvalue weighted by Crippen LogP contribution is 2.30. The largest absolute Gasteiger partial charge is 0.497 e. The first-order valence-corrected chi connectivity index (χ1v) is 11.2. The number of amides is 2. The van der Waals surface area contributed by atoms with Crippen LogP contribution >= 0.6 is 0 Å². The molecule has 1 aliphatic rings. The van der Waals surface area contributed by atoms with Crippen LogP contribution in [0.25, 0.3) is 16.9 Å². The summed E-state index contributed by atoms with van der Waals surface area (Å²) in [6, 6.07) is 20.8. The predicted octanol–water partition coefficient (Wildman–Crippen LogP) is 4.03. The molecule has 0 aliphatic heterocycles. The van der Waals surface area contributed by atoms with Crippen LogP contribution in [0.2, 0.25) is 0 Å². The van der Waals surface area contributed by atoms with Gasteiger partial charge in [-0.05, 0) is 54.8 Å². The first-order chi connectivity index (χ1) is 16.5. The lowest BCUT2D eigenvalue weighted by molar-refractivity contribution is -0.117. The molecule has 5 rings (SSSR count). The number of methoxy groups -OCH3 is 1. The van der Waals surface area contributed by atoms with E-state index in [-0.39, 0.29) is 17.7 Å². The van der Waals surface area contributed by atoms with Crippen molar-refractivity contribution in [3.8, 4) is 17.0 Å². The van der Waals surface area contributed by atoms with Gasteiger partial charge < -0.3 is 9.64 Å². The summed E-state index contributed by atoms with van der Waals surface area (Å²) in [5.41, 5.74) is 3.98. The Bertz CT molecular complexity index is 1340. The van der Waals surface area contributed by atoms with Crippen molar-refractivity contribution in [1.82, 2.24) is 19.5 Å². The van der Waals surface area contributed by atoms with E-state index in [1.54, 1.807) is 23.6 Å². The van der Waals surface area contributed by atoms with Crippen LogP contribution < -0.4 is 10.1 Å². The van der Waals surface area contributed by atoms with Gasteiger partial charge in [-0.15, -0.1) is 5.10 Å². The van der Waals surface area contributed by atoms with Crippen molar-refractivity contribution in [2.24, 2.45) is 5.92 Å². The Hall–Kier alpha value is -4.20. The Morgan fingerprint density at radius 2 is 1.79 bits per heavy atom. The summed E-state index contributed by atoms with van der Waals surface area (Å²) >= 11 is 0. The highest BCUT2D eigenvalue weighted by atomic mass is 16.5. The molecule has 1 saturated carbocycles. The Balaban J connectivity index is 1.32. The second-order valence-electron chi connectivity index (χ2n) is 8.47. The number of nitrogens with zero attached hydrogens (tertiary/aromatic N) is 4. The van der Waals surface area contributed by atoms with E-state index in [4.69, 9.17) is 4.74 Å². The summed E-state index contributed by atoms with van der Waals surface area (Å²) in [5.74, 6) is 1.08. The number of nitrogens with one attached hydrogen (secondary N) is 1. The van der Waals surface area contributed by atoms with Gasteiger partial charge in [0.05, 0.1) is 12.8 Å². The molecule has 2 aromatic heterocycles. The van der Waals surface area contributed by atoms with E-state index in [1.807, 2.05) is 66.7 Å². The Kier molecular flexibility index (Phi) is 5.71. The molecule has 0 unspecified atom stereocenters. The highest BCUT2D eigenvalue weighted by molar-refractivity contribution is 5.94. The fourth-order valence-electron chi connectivity index (χ4n) is 3.82. The van der Waals surface area contributed by atoms with Gasteiger partial charge in [0.25, 0.3) is 5.91 Å². The Morgan fingerprint density at radius 3 is 2.47 bits per heavy atom. The molecule has 2 heterocycles. The number of fused-ring (bicyclic) bond motifs is 1. The van der Waals surface area contributed by atoms with E-state index in [2.05, 4.69) is 15.4 Å². The Morgan fingerprint density at radius 1 is 1.06 bits per heavy atom.